The van der Waals surface area contributed by atoms with Gasteiger partial charge in [0.2, 0.25) is 5.91 Å². The van der Waals surface area contributed by atoms with E-state index in [0.29, 0.717) is 24.6 Å². The number of ether oxygens (including phenoxy) is 1. The van der Waals surface area contributed by atoms with E-state index >= 15 is 0 Å². The fraction of sp³-hybridized carbons (Fsp3) is 0.600. The van der Waals surface area contributed by atoms with Crippen molar-refractivity contribution in [3.63, 3.8) is 0 Å². The van der Waals surface area contributed by atoms with Gasteiger partial charge in [-0.2, -0.15) is 8.78 Å². The fourth-order valence-corrected chi connectivity index (χ4v) is 2.34. The number of aryl methyl sites for hydroxylation is 1. The van der Waals surface area contributed by atoms with E-state index in [1.165, 1.54) is 4.90 Å². The summed E-state index contributed by atoms with van der Waals surface area (Å²) in [5, 5.41) is 0. The van der Waals surface area contributed by atoms with Crippen molar-refractivity contribution in [1.82, 2.24) is 4.98 Å². The smallest absolute Gasteiger partial charge is 0.330 e. The Hall–Kier alpha value is -1.90. The molecule has 2 rings (SSSR count). The first-order chi connectivity index (χ1) is 11.2. The molecular formula is C15H19F4N3O2. The van der Waals surface area contributed by atoms with E-state index in [9.17, 15) is 22.4 Å². The maximum Gasteiger partial charge on any atom is 0.330 e. The molecule has 0 radical (unpaired) electrons. The number of aromatic nitrogens is 1. The molecule has 0 saturated carbocycles. The fourth-order valence-electron chi connectivity index (χ4n) is 2.34. The molecule has 0 fully saturated rings. The third-order valence-corrected chi connectivity index (χ3v) is 3.67. The van der Waals surface area contributed by atoms with E-state index in [1.807, 2.05) is 24.9 Å². The van der Waals surface area contributed by atoms with Crippen LogP contribution in [0.25, 0.3) is 0 Å². The molecular weight excluding hydrogens is 330 g/mol. The van der Waals surface area contributed by atoms with Crippen molar-refractivity contribution in [2.75, 3.05) is 43.2 Å². The number of alkyl halides is 4. The van der Waals surface area contributed by atoms with Crippen molar-refractivity contribution in [2.24, 2.45) is 0 Å². The van der Waals surface area contributed by atoms with Crippen LogP contribution in [0.15, 0.2) is 12.3 Å². The minimum atomic E-state index is -4.20. The maximum absolute atomic E-state index is 12.7. The summed E-state index contributed by atoms with van der Waals surface area (Å²) in [4.78, 5) is 20.0. The highest BCUT2D eigenvalue weighted by atomic mass is 19.3. The molecule has 0 spiro atoms. The zero-order valence-corrected chi connectivity index (χ0v) is 13.4. The van der Waals surface area contributed by atoms with Crippen LogP contribution >= 0.6 is 0 Å². The third-order valence-electron chi connectivity index (χ3n) is 3.67. The van der Waals surface area contributed by atoms with E-state index in [-0.39, 0.29) is 18.9 Å². The summed E-state index contributed by atoms with van der Waals surface area (Å²) in [6, 6.07) is 1.82. The molecule has 0 aliphatic carbocycles. The highest BCUT2D eigenvalue weighted by Gasteiger charge is 2.41. The van der Waals surface area contributed by atoms with Crippen molar-refractivity contribution >= 4 is 17.4 Å². The van der Waals surface area contributed by atoms with Gasteiger partial charge in [0.15, 0.2) is 5.82 Å². The molecule has 1 amide bonds. The molecule has 134 valence electrons. The molecule has 0 aromatic carbocycles. The Morgan fingerprint density at radius 2 is 2.12 bits per heavy atom. The van der Waals surface area contributed by atoms with Gasteiger partial charge in [-0.05, 0) is 18.6 Å². The van der Waals surface area contributed by atoms with Gasteiger partial charge in [0.1, 0.15) is 6.61 Å². The first kappa shape index (κ1) is 18.4. The minimum absolute atomic E-state index is 0.170. The molecule has 24 heavy (non-hydrogen) atoms. The zero-order chi connectivity index (χ0) is 17.9. The summed E-state index contributed by atoms with van der Waals surface area (Å²) < 4.78 is 54.0. The number of carbonyl (C=O) groups is 1. The Labute approximate surface area is 137 Å². The molecule has 1 aliphatic heterocycles. The number of hydrogen-bond acceptors (Lipinski definition) is 4. The monoisotopic (exact) mass is 349 g/mol. The highest BCUT2D eigenvalue weighted by molar-refractivity contribution is 5.97. The molecule has 0 atom stereocenters. The van der Waals surface area contributed by atoms with Crippen LogP contribution in [0, 0.1) is 6.92 Å². The number of anilines is 2. The van der Waals surface area contributed by atoms with E-state index in [0.717, 1.165) is 5.56 Å². The molecule has 5 nitrogen and oxygen atoms in total. The number of nitrogens with zero attached hydrogens (tertiary/aromatic N) is 3. The Kier molecular flexibility index (Phi) is 5.63. The second-order valence-electron chi connectivity index (χ2n) is 5.69. The van der Waals surface area contributed by atoms with Crippen LogP contribution in [-0.2, 0) is 9.53 Å². The Morgan fingerprint density at radius 1 is 1.42 bits per heavy atom. The summed E-state index contributed by atoms with van der Waals surface area (Å²) >= 11 is 0. The van der Waals surface area contributed by atoms with Crippen LogP contribution in [0.5, 0.6) is 0 Å². The normalized spacial score (nSPS) is 15.0. The second-order valence-corrected chi connectivity index (χ2v) is 5.69. The minimum Gasteiger partial charge on any atom is -0.374 e. The highest BCUT2D eigenvalue weighted by Crippen LogP contribution is 2.31. The number of amides is 1. The van der Waals surface area contributed by atoms with E-state index < -0.39 is 19.0 Å². The van der Waals surface area contributed by atoms with Crippen LogP contribution in [0.1, 0.15) is 12.0 Å². The van der Waals surface area contributed by atoms with E-state index in [1.54, 1.807) is 6.20 Å². The molecule has 0 bridgehead atoms. The molecule has 1 aromatic heterocycles. The number of fused-ring (bicyclic) bond motifs is 1. The lowest BCUT2D eigenvalue weighted by Crippen LogP contribution is -2.43. The van der Waals surface area contributed by atoms with Gasteiger partial charge >= 0.3 is 12.3 Å². The number of rotatable bonds is 6. The molecule has 0 N–H and O–H groups in total. The van der Waals surface area contributed by atoms with Crippen molar-refractivity contribution in [3.05, 3.63) is 17.8 Å². The van der Waals surface area contributed by atoms with E-state index in [2.05, 4.69) is 9.72 Å². The van der Waals surface area contributed by atoms with Crippen molar-refractivity contribution in [1.29, 1.82) is 0 Å². The van der Waals surface area contributed by atoms with Crippen molar-refractivity contribution < 1.29 is 27.1 Å². The number of hydrogen-bond donors (Lipinski definition) is 0. The molecule has 1 aromatic rings. The number of likely N-dealkylation sites (N-methyl/N-ethyl adjacent to an activating group) is 1. The predicted molar refractivity (Wildman–Crippen MR) is 81.0 cm³/mol. The summed E-state index contributed by atoms with van der Waals surface area (Å²) in [6.07, 6.45) is -2.26. The van der Waals surface area contributed by atoms with Crippen LogP contribution in [0.2, 0.25) is 0 Å². The topological polar surface area (TPSA) is 45.7 Å². The standard InChI is InChI=1S/C15H19F4N3O2/c1-10-7-11-13(20-8-10)21(2)4-5-22(11)12(23)3-6-24-9-15(18,19)14(16)17/h7-8,14H,3-6,9H2,1-2H3. The van der Waals surface area contributed by atoms with Crippen LogP contribution in [-0.4, -0.2) is 56.6 Å². The maximum atomic E-state index is 12.7. The first-order valence-corrected chi connectivity index (χ1v) is 7.44. The Balaban J connectivity index is 1.94. The predicted octanol–water partition coefficient (Wildman–Crippen LogP) is 2.48. The molecule has 0 unspecified atom stereocenters. The molecule has 2 heterocycles. The average molecular weight is 349 g/mol. The second kappa shape index (κ2) is 7.33. The molecule has 9 heteroatoms. The van der Waals surface area contributed by atoms with Gasteiger partial charge in [-0.25, -0.2) is 13.8 Å². The van der Waals surface area contributed by atoms with Gasteiger partial charge in [-0.3, -0.25) is 4.79 Å². The molecule has 1 aliphatic rings. The van der Waals surface area contributed by atoms with Crippen LogP contribution in [0.4, 0.5) is 29.1 Å². The third kappa shape index (κ3) is 4.14. The van der Waals surface area contributed by atoms with Gasteiger partial charge in [-0.15, -0.1) is 0 Å². The average Bonchev–Trinajstić information content (AvgIpc) is 2.51. The lowest BCUT2D eigenvalue weighted by Gasteiger charge is -2.34. The van der Waals surface area contributed by atoms with Crippen LogP contribution < -0.4 is 9.80 Å². The summed E-state index contributed by atoms with van der Waals surface area (Å²) in [5.74, 6) is -3.87. The quantitative estimate of drug-likeness (QED) is 0.585. The Bertz CT molecular complexity index is 598. The zero-order valence-electron chi connectivity index (χ0n) is 13.4. The van der Waals surface area contributed by atoms with Crippen molar-refractivity contribution in [2.45, 2.75) is 25.7 Å². The van der Waals surface area contributed by atoms with Gasteiger partial charge in [-0.1, -0.05) is 0 Å². The van der Waals surface area contributed by atoms with Crippen molar-refractivity contribution in [3.8, 4) is 0 Å². The first-order valence-electron chi connectivity index (χ1n) is 7.44. The van der Waals surface area contributed by atoms with Gasteiger partial charge < -0.3 is 14.5 Å². The summed E-state index contributed by atoms with van der Waals surface area (Å²) in [5.41, 5.74) is 1.53. The number of carbonyl (C=O) groups excluding carboxylic acids is 1. The van der Waals surface area contributed by atoms with Gasteiger partial charge in [0, 0.05) is 26.3 Å². The molecule has 0 saturated heterocycles. The van der Waals surface area contributed by atoms with Gasteiger partial charge in [0.05, 0.1) is 18.7 Å². The van der Waals surface area contributed by atoms with Crippen LogP contribution in [0.3, 0.4) is 0 Å². The summed E-state index contributed by atoms with van der Waals surface area (Å²) in [6.45, 7) is 1.11. The summed E-state index contributed by atoms with van der Waals surface area (Å²) in [7, 11) is 1.86. The Morgan fingerprint density at radius 3 is 2.79 bits per heavy atom. The van der Waals surface area contributed by atoms with E-state index in [4.69, 9.17) is 0 Å². The lowest BCUT2D eigenvalue weighted by molar-refractivity contribution is -0.166. The lowest BCUT2D eigenvalue weighted by atomic mass is 10.2. The number of pyridine rings is 1. The SMILES string of the molecule is Cc1cnc2c(c1)N(C(=O)CCOCC(F)(F)C(F)F)CCN2C. The largest absolute Gasteiger partial charge is 0.374 e. The van der Waals surface area contributed by atoms with Gasteiger partial charge in [0.25, 0.3) is 0 Å². The number of halogens is 4.